The molecule has 0 radical (unpaired) electrons. The van der Waals surface area contributed by atoms with E-state index in [2.05, 4.69) is 5.32 Å². The number of fused-ring (bicyclic) bond motifs is 1. The first-order valence-electron chi connectivity index (χ1n) is 7.29. The van der Waals surface area contributed by atoms with Crippen LogP contribution in [0.5, 0.6) is 0 Å². The van der Waals surface area contributed by atoms with Crippen molar-refractivity contribution in [3.8, 4) is 0 Å². The van der Waals surface area contributed by atoms with Gasteiger partial charge in [0.25, 0.3) is 0 Å². The Morgan fingerprint density at radius 2 is 1.95 bits per heavy atom. The van der Waals surface area contributed by atoms with E-state index < -0.39 is 9.84 Å². The van der Waals surface area contributed by atoms with Crippen molar-refractivity contribution in [1.29, 1.82) is 0 Å². The summed E-state index contributed by atoms with van der Waals surface area (Å²) in [6.07, 6.45) is 3.98. The van der Waals surface area contributed by atoms with E-state index in [-0.39, 0.29) is 16.8 Å². The molecule has 3 nitrogen and oxygen atoms in total. The SMILES string of the molecule is CS(=O)(=O)c1ccccc1NC1CCCc2ccc(F)cc21. The first-order valence-corrected chi connectivity index (χ1v) is 9.18. The molecule has 1 aliphatic rings. The highest BCUT2D eigenvalue weighted by Crippen LogP contribution is 2.34. The van der Waals surface area contributed by atoms with Gasteiger partial charge in [-0.15, -0.1) is 0 Å². The van der Waals surface area contributed by atoms with Crippen LogP contribution < -0.4 is 5.32 Å². The Labute approximate surface area is 130 Å². The van der Waals surface area contributed by atoms with E-state index in [1.165, 1.54) is 12.3 Å². The molecule has 0 spiro atoms. The summed E-state index contributed by atoms with van der Waals surface area (Å²) < 4.78 is 37.3. The average Bonchev–Trinajstić information content (AvgIpc) is 2.47. The monoisotopic (exact) mass is 319 g/mol. The molecule has 0 saturated carbocycles. The quantitative estimate of drug-likeness (QED) is 0.938. The van der Waals surface area contributed by atoms with E-state index in [4.69, 9.17) is 0 Å². The van der Waals surface area contributed by atoms with Crippen LogP contribution in [0.15, 0.2) is 47.4 Å². The number of aryl methyl sites for hydroxylation is 1. The summed E-state index contributed by atoms with van der Waals surface area (Å²) in [7, 11) is -3.31. The molecule has 0 fully saturated rings. The fraction of sp³-hybridized carbons (Fsp3) is 0.294. The lowest BCUT2D eigenvalue weighted by Crippen LogP contribution is -2.19. The molecule has 0 aliphatic heterocycles. The van der Waals surface area contributed by atoms with Crippen LogP contribution in [0.4, 0.5) is 10.1 Å². The topological polar surface area (TPSA) is 46.2 Å². The number of hydrogen-bond donors (Lipinski definition) is 1. The summed E-state index contributed by atoms with van der Waals surface area (Å²) in [4.78, 5) is 0.276. The van der Waals surface area contributed by atoms with Crippen LogP contribution in [0.25, 0.3) is 0 Å². The Morgan fingerprint density at radius 1 is 1.18 bits per heavy atom. The summed E-state index contributed by atoms with van der Waals surface area (Å²) in [5.74, 6) is -0.260. The molecule has 0 bridgehead atoms. The molecule has 116 valence electrons. The Balaban J connectivity index is 1.98. The largest absolute Gasteiger partial charge is 0.377 e. The minimum atomic E-state index is -3.31. The van der Waals surface area contributed by atoms with E-state index in [1.807, 2.05) is 6.07 Å². The van der Waals surface area contributed by atoms with Crippen LogP contribution in [0.2, 0.25) is 0 Å². The fourth-order valence-electron chi connectivity index (χ4n) is 3.02. The molecule has 3 rings (SSSR count). The number of hydrogen-bond acceptors (Lipinski definition) is 3. The third-order valence-electron chi connectivity index (χ3n) is 4.04. The second kappa shape index (κ2) is 5.72. The Hall–Kier alpha value is -1.88. The zero-order chi connectivity index (χ0) is 15.7. The molecular weight excluding hydrogens is 301 g/mol. The maximum absolute atomic E-state index is 13.6. The van der Waals surface area contributed by atoms with Crippen molar-refractivity contribution in [1.82, 2.24) is 0 Å². The zero-order valence-corrected chi connectivity index (χ0v) is 13.2. The van der Waals surface area contributed by atoms with E-state index >= 15 is 0 Å². The Kier molecular flexibility index (Phi) is 3.91. The molecule has 2 aromatic rings. The van der Waals surface area contributed by atoms with Gasteiger partial charge < -0.3 is 5.32 Å². The number of sulfone groups is 1. The highest BCUT2D eigenvalue weighted by atomic mass is 32.2. The molecule has 2 aromatic carbocycles. The van der Waals surface area contributed by atoms with Crippen molar-refractivity contribution >= 4 is 15.5 Å². The summed E-state index contributed by atoms with van der Waals surface area (Å²) in [5, 5.41) is 3.29. The van der Waals surface area contributed by atoms with E-state index in [0.717, 1.165) is 30.4 Å². The number of anilines is 1. The van der Waals surface area contributed by atoms with Crippen molar-refractivity contribution in [2.75, 3.05) is 11.6 Å². The highest BCUT2D eigenvalue weighted by molar-refractivity contribution is 7.90. The molecule has 0 saturated heterocycles. The first kappa shape index (κ1) is 15.0. The summed E-state index contributed by atoms with van der Waals surface area (Å²) in [6, 6.07) is 11.6. The molecule has 22 heavy (non-hydrogen) atoms. The van der Waals surface area contributed by atoms with Gasteiger partial charge in [0.2, 0.25) is 0 Å². The minimum absolute atomic E-state index is 0.0673. The first-order chi connectivity index (χ1) is 10.4. The van der Waals surface area contributed by atoms with Crippen LogP contribution >= 0.6 is 0 Å². The van der Waals surface area contributed by atoms with E-state index in [0.29, 0.717) is 5.69 Å². The Bertz CT molecular complexity index is 802. The predicted molar refractivity (Wildman–Crippen MR) is 85.3 cm³/mol. The van der Waals surface area contributed by atoms with Crippen molar-refractivity contribution < 1.29 is 12.8 Å². The van der Waals surface area contributed by atoms with Gasteiger partial charge in [0, 0.05) is 6.26 Å². The number of benzene rings is 2. The molecule has 5 heteroatoms. The smallest absolute Gasteiger partial charge is 0.177 e. The van der Waals surface area contributed by atoms with Gasteiger partial charge in [-0.2, -0.15) is 0 Å². The average molecular weight is 319 g/mol. The van der Waals surface area contributed by atoms with Gasteiger partial charge >= 0.3 is 0 Å². The van der Waals surface area contributed by atoms with E-state index in [1.54, 1.807) is 30.3 Å². The minimum Gasteiger partial charge on any atom is -0.377 e. The number of halogens is 1. The Morgan fingerprint density at radius 3 is 2.73 bits per heavy atom. The normalized spacial score (nSPS) is 17.8. The van der Waals surface area contributed by atoms with Gasteiger partial charge in [0.05, 0.1) is 16.6 Å². The predicted octanol–water partition coefficient (Wildman–Crippen LogP) is 3.72. The second-order valence-electron chi connectivity index (χ2n) is 5.70. The van der Waals surface area contributed by atoms with Gasteiger partial charge in [0.1, 0.15) is 5.82 Å². The van der Waals surface area contributed by atoms with Gasteiger partial charge in [-0.05, 0) is 54.7 Å². The molecule has 0 aromatic heterocycles. The standard InChI is InChI=1S/C17H18FNO2S/c1-22(20,21)17-8-3-2-6-16(17)19-15-7-4-5-12-9-10-13(18)11-14(12)15/h2-3,6,8-11,15,19H,4-5,7H2,1H3. The third kappa shape index (κ3) is 2.99. The lowest BCUT2D eigenvalue weighted by Gasteiger charge is -2.28. The molecule has 1 N–H and O–H groups in total. The fourth-order valence-corrected chi connectivity index (χ4v) is 3.87. The van der Waals surface area contributed by atoms with Crippen molar-refractivity contribution in [2.45, 2.75) is 30.2 Å². The van der Waals surface area contributed by atoms with Crippen molar-refractivity contribution in [2.24, 2.45) is 0 Å². The third-order valence-corrected chi connectivity index (χ3v) is 5.19. The molecule has 0 amide bonds. The molecule has 0 heterocycles. The summed E-state index contributed by atoms with van der Waals surface area (Å²) in [5.41, 5.74) is 2.63. The van der Waals surface area contributed by atoms with Crippen LogP contribution in [-0.4, -0.2) is 14.7 Å². The van der Waals surface area contributed by atoms with E-state index in [9.17, 15) is 12.8 Å². The van der Waals surface area contributed by atoms with Crippen LogP contribution in [0.3, 0.4) is 0 Å². The van der Waals surface area contributed by atoms with Gasteiger partial charge in [-0.1, -0.05) is 18.2 Å². The lowest BCUT2D eigenvalue weighted by atomic mass is 9.87. The number of rotatable bonds is 3. The highest BCUT2D eigenvalue weighted by Gasteiger charge is 2.22. The van der Waals surface area contributed by atoms with Gasteiger partial charge in [-0.25, -0.2) is 12.8 Å². The van der Waals surface area contributed by atoms with Crippen molar-refractivity contribution in [3.05, 3.63) is 59.4 Å². The van der Waals surface area contributed by atoms with Crippen LogP contribution in [-0.2, 0) is 16.3 Å². The van der Waals surface area contributed by atoms with Crippen LogP contribution in [0.1, 0.15) is 30.0 Å². The van der Waals surface area contributed by atoms with Gasteiger partial charge in [0.15, 0.2) is 9.84 Å². The second-order valence-corrected chi connectivity index (χ2v) is 7.68. The number of para-hydroxylation sites is 1. The maximum atomic E-state index is 13.6. The molecule has 1 unspecified atom stereocenters. The van der Waals surface area contributed by atoms with Gasteiger partial charge in [-0.3, -0.25) is 0 Å². The summed E-state index contributed by atoms with van der Waals surface area (Å²) in [6.45, 7) is 0. The lowest BCUT2D eigenvalue weighted by molar-refractivity contribution is 0.578. The van der Waals surface area contributed by atoms with Crippen LogP contribution in [0, 0.1) is 5.82 Å². The molecule has 1 atom stereocenters. The number of nitrogens with one attached hydrogen (secondary N) is 1. The molecular formula is C17H18FNO2S. The van der Waals surface area contributed by atoms with Crippen molar-refractivity contribution in [3.63, 3.8) is 0 Å². The summed E-state index contributed by atoms with van der Waals surface area (Å²) >= 11 is 0. The molecule has 1 aliphatic carbocycles. The maximum Gasteiger partial charge on any atom is 0.177 e. The zero-order valence-electron chi connectivity index (χ0n) is 12.3.